The first-order valence-electron chi connectivity index (χ1n) is 11.0. The van der Waals surface area contributed by atoms with Gasteiger partial charge < -0.3 is 38.5 Å². The molecule has 5 heteroatoms. The lowest BCUT2D eigenvalue weighted by Crippen LogP contribution is -3.00. The molecule has 4 nitrogen and oxygen atoms in total. The van der Waals surface area contributed by atoms with Crippen LogP contribution in [0.5, 0.6) is 5.75 Å². The fraction of sp³-hybridized carbons (Fsp3) is 0.708. The van der Waals surface area contributed by atoms with Gasteiger partial charge in [-0.3, -0.25) is 4.79 Å². The summed E-state index contributed by atoms with van der Waals surface area (Å²) in [6.07, 6.45) is 8.57. The molecule has 4 fully saturated rings. The fourth-order valence-electron chi connectivity index (χ4n) is 6.33. The Labute approximate surface area is 193 Å². The van der Waals surface area contributed by atoms with Crippen LogP contribution in [-0.2, 0) is 10.2 Å². The van der Waals surface area contributed by atoms with E-state index in [-0.39, 0.29) is 36.5 Å². The third-order valence-electron chi connectivity index (χ3n) is 7.29. The number of likely N-dealkylation sites (N-methyl/N-ethyl adjacent to an activating group) is 1. The number of carbonyl (C=O) groups is 1. The van der Waals surface area contributed by atoms with Crippen LogP contribution in [0.3, 0.4) is 0 Å². The van der Waals surface area contributed by atoms with Gasteiger partial charge in [0.25, 0.3) is 5.91 Å². The minimum Gasteiger partial charge on any atom is -1.00 e. The average Bonchev–Trinajstić information content (AvgIpc) is 2.58. The molecule has 162 valence electrons. The zero-order valence-electron chi connectivity index (χ0n) is 18.5. The molecule has 1 aromatic carbocycles. The Hall–Kier alpha value is -0.820. The van der Waals surface area contributed by atoms with Crippen LogP contribution in [0.15, 0.2) is 18.2 Å². The molecule has 0 saturated heterocycles. The quantitative estimate of drug-likeness (QED) is 0.431. The number of quaternary nitrogens is 1. The molecule has 4 saturated carbocycles. The van der Waals surface area contributed by atoms with Crippen LogP contribution in [0, 0.1) is 24.7 Å². The third kappa shape index (κ3) is 5.27. The molecule has 0 spiro atoms. The van der Waals surface area contributed by atoms with E-state index in [4.69, 9.17) is 4.74 Å². The van der Waals surface area contributed by atoms with Crippen molar-refractivity contribution in [1.82, 2.24) is 5.32 Å². The van der Waals surface area contributed by atoms with Crippen LogP contribution in [0.1, 0.15) is 49.7 Å². The topological polar surface area (TPSA) is 38.3 Å². The molecule has 1 amide bonds. The highest BCUT2D eigenvalue weighted by atomic mass is 127. The number of rotatable bonds is 7. The molecule has 0 atom stereocenters. The number of amides is 1. The van der Waals surface area contributed by atoms with Crippen molar-refractivity contribution in [2.24, 2.45) is 17.8 Å². The smallest absolute Gasteiger partial charge is 0.258 e. The standard InChI is InChI=1S/C24H36N2O2.HI/c1-17-9-21(24-13-18-10-19(14-24)12-20(11-18)15-24)5-6-22(17)28-16-23(27)25-7-8-26(2,3)4;/h5-6,9,18-20H,7-8,10-16H2,1-4H3;1H. The summed E-state index contributed by atoms with van der Waals surface area (Å²) in [5.41, 5.74) is 3.09. The Balaban J connectivity index is 0.00000240. The molecule has 0 aliphatic heterocycles. The van der Waals surface area contributed by atoms with E-state index in [2.05, 4.69) is 51.6 Å². The van der Waals surface area contributed by atoms with Gasteiger partial charge in [-0.25, -0.2) is 0 Å². The van der Waals surface area contributed by atoms with E-state index in [1.54, 1.807) is 0 Å². The maximum Gasteiger partial charge on any atom is 0.258 e. The van der Waals surface area contributed by atoms with Crippen molar-refractivity contribution < 1.29 is 38.0 Å². The number of nitrogens with one attached hydrogen (secondary N) is 1. The Kier molecular flexibility index (Phi) is 6.88. The summed E-state index contributed by atoms with van der Waals surface area (Å²) < 4.78 is 6.68. The highest BCUT2D eigenvalue weighted by molar-refractivity contribution is 5.77. The maximum atomic E-state index is 12.1. The average molecular weight is 512 g/mol. The van der Waals surface area contributed by atoms with Gasteiger partial charge in [0.1, 0.15) is 5.75 Å². The summed E-state index contributed by atoms with van der Waals surface area (Å²) in [6.45, 7) is 3.79. The summed E-state index contributed by atoms with van der Waals surface area (Å²) in [7, 11) is 6.37. The number of nitrogens with zero attached hydrogens (tertiary/aromatic N) is 1. The first-order chi connectivity index (χ1) is 13.2. The fourth-order valence-corrected chi connectivity index (χ4v) is 6.33. The van der Waals surface area contributed by atoms with Crippen molar-refractivity contribution in [2.45, 2.75) is 50.9 Å². The number of halogens is 1. The van der Waals surface area contributed by atoms with E-state index in [1.165, 1.54) is 44.1 Å². The Morgan fingerprint density at radius 2 is 1.69 bits per heavy atom. The van der Waals surface area contributed by atoms with Crippen LogP contribution in [0.25, 0.3) is 0 Å². The van der Waals surface area contributed by atoms with Crippen molar-refractivity contribution in [3.63, 3.8) is 0 Å². The molecule has 5 rings (SSSR count). The monoisotopic (exact) mass is 512 g/mol. The SMILES string of the molecule is Cc1cc(C23CC4CC(CC(C4)C2)C3)ccc1OCC(=O)NCC[N+](C)(C)C.[I-]. The molecule has 4 aliphatic carbocycles. The van der Waals surface area contributed by atoms with Crippen LogP contribution in [0.4, 0.5) is 0 Å². The summed E-state index contributed by atoms with van der Waals surface area (Å²) >= 11 is 0. The van der Waals surface area contributed by atoms with E-state index < -0.39 is 0 Å². The number of hydrogen-bond acceptors (Lipinski definition) is 2. The summed E-state index contributed by atoms with van der Waals surface area (Å²) in [6, 6.07) is 6.73. The molecular weight excluding hydrogens is 475 g/mol. The minimum atomic E-state index is -0.0435. The Bertz CT molecular complexity index is 706. The van der Waals surface area contributed by atoms with Crippen LogP contribution < -0.4 is 34.0 Å². The van der Waals surface area contributed by atoms with Gasteiger partial charge >= 0.3 is 0 Å². The van der Waals surface area contributed by atoms with Crippen molar-refractivity contribution in [3.05, 3.63) is 29.3 Å². The van der Waals surface area contributed by atoms with Gasteiger partial charge in [-0.2, -0.15) is 0 Å². The van der Waals surface area contributed by atoms with Gasteiger partial charge in [-0.15, -0.1) is 0 Å². The van der Waals surface area contributed by atoms with E-state index in [9.17, 15) is 4.79 Å². The van der Waals surface area contributed by atoms with Crippen LogP contribution in [0.2, 0.25) is 0 Å². The predicted molar refractivity (Wildman–Crippen MR) is 112 cm³/mol. The van der Waals surface area contributed by atoms with Crippen molar-refractivity contribution in [2.75, 3.05) is 40.8 Å². The maximum absolute atomic E-state index is 12.1. The molecule has 29 heavy (non-hydrogen) atoms. The third-order valence-corrected chi connectivity index (χ3v) is 7.29. The molecule has 4 aliphatic rings. The van der Waals surface area contributed by atoms with Crippen LogP contribution in [-0.4, -0.2) is 51.2 Å². The van der Waals surface area contributed by atoms with Crippen molar-refractivity contribution >= 4 is 5.91 Å². The molecule has 1 aromatic rings. The lowest BCUT2D eigenvalue weighted by molar-refractivity contribution is -0.869. The van der Waals surface area contributed by atoms with E-state index >= 15 is 0 Å². The lowest BCUT2D eigenvalue weighted by atomic mass is 9.48. The second kappa shape index (κ2) is 8.74. The number of hydrogen-bond donors (Lipinski definition) is 1. The second-order valence-electron chi connectivity index (χ2n) is 10.8. The van der Waals surface area contributed by atoms with E-state index in [0.29, 0.717) is 12.0 Å². The van der Waals surface area contributed by atoms with Gasteiger partial charge in [0.15, 0.2) is 6.61 Å². The molecular formula is C24H37IN2O2. The van der Waals surface area contributed by atoms with Crippen LogP contribution >= 0.6 is 0 Å². The molecule has 0 radical (unpaired) electrons. The number of benzene rings is 1. The van der Waals surface area contributed by atoms with Gasteiger partial charge in [0.2, 0.25) is 0 Å². The first kappa shape index (κ1) is 22.9. The van der Waals surface area contributed by atoms with Gasteiger partial charge in [-0.1, -0.05) is 12.1 Å². The zero-order valence-corrected chi connectivity index (χ0v) is 20.6. The van der Waals surface area contributed by atoms with Crippen molar-refractivity contribution in [3.8, 4) is 5.75 Å². The van der Waals surface area contributed by atoms with E-state index in [1.807, 2.05) is 0 Å². The highest BCUT2D eigenvalue weighted by Gasteiger charge is 2.51. The number of ether oxygens (including phenoxy) is 1. The molecule has 4 bridgehead atoms. The molecule has 0 aromatic heterocycles. The van der Waals surface area contributed by atoms with Crippen molar-refractivity contribution in [1.29, 1.82) is 0 Å². The summed E-state index contributed by atoms with van der Waals surface area (Å²) in [5.74, 6) is 3.67. The van der Waals surface area contributed by atoms with Gasteiger partial charge in [-0.05, 0) is 85.8 Å². The van der Waals surface area contributed by atoms with E-state index in [0.717, 1.165) is 40.1 Å². The lowest BCUT2D eigenvalue weighted by Gasteiger charge is -2.57. The van der Waals surface area contributed by atoms with Gasteiger partial charge in [0.05, 0.1) is 34.2 Å². The Morgan fingerprint density at radius 3 is 2.21 bits per heavy atom. The number of aryl methyl sites for hydroxylation is 1. The second-order valence-corrected chi connectivity index (χ2v) is 10.8. The first-order valence-corrected chi connectivity index (χ1v) is 11.0. The predicted octanol–water partition coefficient (Wildman–Crippen LogP) is 0.668. The van der Waals surface area contributed by atoms with Gasteiger partial charge in [0, 0.05) is 0 Å². The molecule has 0 unspecified atom stereocenters. The largest absolute Gasteiger partial charge is 1.00 e. The normalized spacial score (nSPS) is 30.0. The zero-order chi connectivity index (χ0) is 19.9. The molecule has 0 heterocycles. The summed E-state index contributed by atoms with van der Waals surface area (Å²) in [4.78, 5) is 12.1. The minimum absolute atomic E-state index is 0. The number of carbonyl (C=O) groups excluding carboxylic acids is 1. The summed E-state index contributed by atoms with van der Waals surface area (Å²) in [5, 5.41) is 2.95. The molecule has 1 N–H and O–H groups in total. The highest BCUT2D eigenvalue weighted by Crippen LogP contribution is 2.60. The Morgan fingerprint density at radius 1 is 1.10 bits per heavy atom.